The number of aromatic nitrogens is 2. The largest absolute Gasteiger partial charge is 0.173 e. The van der Waals surface area contributed by atoms with E-state index in [-0.39, 0.29) is 0 Å². The van der Waals surface area contributed by atoms with Gasteiger partial charge >= 0.3 is 0 Å². The summed E-state index contributed by atoms with van der Waals surface area (Å²) in [6.45, 7) is 4.17. The van der Waals surface area contributed by atoms with Crippen molar-refractivity contribution in [1.29, 1.82) is 0 Å². The maximum absolute atomic E-state index is 4.41. The van der Waals surface area contributed by atoms with Crippen LogP contribution in [0.4, 0.5) is 0 Å². The molecule has 84 valence electrons. The molecule has 0 amide bonds. The van der Waals surface area contributed by atoms with E-state index < -0.39 is 0 Å². The number of nitrogens with zero attached hydrogens (tertiary/aromatic N) is 2. The highest BCUT2D eigenvalue weighted by molar-refractivity contribution is 7.00. The zero-order valence-corrected chi connectivity index (χ0v) is 10.6. The molecule has 2 nitrogen and oxygen atoms in total. The van der Waals surface area contributed by atoms with Crippen LogP contribution in [0.2, 0.25) is 0 Å². The second-order valence-electron chi connectivity index (χ2n) is 4.26. The SMILES string of the molecule is Cc1ccc(-c2ccc(C)c3nsnc23)cc1. The van der Waals surface area contributed by atoms with Gasteiger partial charge in [0.15, 0.2) is 0 Å². The molecule has 3 heteroatoms. The molecule has 2 aromatic carbocycles. The number of hydrogen-bond donors (Lipinski definition) is 0. The van der Waals surface area contributed by atoms with Crippen LogP contribution >= 0.6 is 11.7 Å². The first kappa shape index (κ1) is 10.4. The highest BCUT2D eigenvalue weighted by Gasteiger charge is 2.09. The van der Waals surface area contributed by atoms with Crippen molar-refractivity contribution in [2.45, 2.75) is 13.8 Å². The van der Waals surface area contributed by atoms with Crippen LogP contribution in [0.15, 0.2) is 36.4 Å². The molecular formula is C14H12N2S. The third-order valence-corrected chi connectivity index (χ3v) is 3.51. The fourth-order valence-electron chi connectivity index (χ4n) is 1.96. The highest BCUT2D eigenvalue weighted by Crippen LogP contribution is 2.29. The molecule has 3 aromatic rings. The van der Waals surface area contributed by atoms with E-state index in [1.807, 2.05) is 0 Å². The molecule has 0 unspecified atom stereocenters. The van der Waals surface area contributed by atoms with Crippen molar-refractivity contribution in [1.82, 2.24) is 8.75 Å². The molecule has 0 saturated heterocycles. The van der Waals surface area contributed by atoms with Gasteiger partial charge in [-0.1, -0.05) is 42.0 Å². The first-order valence-electron chi connectivity index (χ1n) is 5.54. The minimum Gasteiger partial charge on any atom is -0.173 e. The van der Waals surface area contributed by atoms with Gasteiger partial charge in [-0.25, -0.2) is 0 Å². The second-order valence-corrected chi connectivity index (χ2v) is 4.79. The normalized spacial score (nSPS) is 10.9. The van der Waals surface area contributed by atoms with E-state index in [2.05, 4.69) is 59.0 Å². The molecule has 0 aliphatic carbocycles. The van der Waals surface area contributed by atoms with E-state index >= 15 is 0 Å². The predicted octanol–water partition coefficient (Wildman–Crippen LogP) is 3.98. The van der Waals surface area contributed by atoms with E-state index in [0.29, 0.717) is 0 Å². The average Bonchev–Trinajstić information content (AvgIpc) is 2.81. The Morgan fingerprint density at radius 2 is 1.53 bits per heavy atom. The van der Waals surface area contributed by atoms with Crippen molar-refractivity contribution >= 4 is 22.8 Å². The van der Waals surface area contributed by atoms with E-state index in [9.17, 15) is 0 Å². The van der Waals surface area contributed by atoms with E-state index in [1.54, 1.807) is 0 Å². The summed E-state index contributed by atoms with van der Waals surface area (Å²) in [5, 5.41) is 0. The Morgan fingerprint density at radius 1 is 0.824 bits per heavy atom. The zero-order valence-electron chi connectivity index (χ0n) is 9.77. The average molecular weight is 240 g/mol. The van der Waals surface area contributed by atoms with Crippen LogP contribution < -0.4 is 0 Å². The lowest BCUT2D eigenvalue weighted by atomic mass is 10.0. The Kier molecular flexibility index (Phi) is 2.41. The summed E-state index contributed by atoms with van der Waals surface area (Å²) in [7, 11) is 0. The maximum Gasteiger partial charge on any atom is 0.112 e. The molecule has 0 radical (unpaired) electrons. The van der Waals surface area contributed by atoms with Gasteiger partial charge in [0.1, 0.15) is 11.0 Å². The van der Waals surface area contributed by atoms with Gasteiger partial charge in [-0.3, -0.25) is 0 Å². The lowest BCUT2D eigenvalue weighted by Crippen LogP contribution is -1.84. The van der Waals surface area contributed by atoms with Crippen LogP contribution in [0.25, 0.3) is 22.2 Å². The molecule has 17 heavy (non-hydrogen) atoms. The van der Waals surface area contributed by atoms with Crippen LogP contribution in [0.1, 0.15) is 11.1 Å². The Labute approximate surface area is 104 Å². The monoisotopic (exact) mass is 240 g/mol. The first-order valence-corrected chi connectivity index (χ1v) is 6.27. The zero-order chi connectivity index (χ0) is 11.8. The molecule has 1 aromatic heterocycles. The first-order chi connectivity index (χ1) is 8.25. The Balaban J connectivity index is 2.27. The van der Waals surface area contributed by atoms with Crippen molar-refractivity contribution < 1.29 is 0 Å². The van der Waals surface area contributed by atoms with Crippen LogP contribution in [-0.4, -0.2) is 8.75 Å². The second kappa shape index (κ2) is 3.93. The molecule has 0 fully saturated rings. The Hall–Kier alpha value is -1.74. The molecule has 0 atom stereocenters. The van der Waals surface area contributed by atoms with Gasteiger partial charge in [0.05, 0.1) is 11.7 Å². The van der Waals surface area contributed by atoms with E-state index in [0.717, 1.165) is 11.0 Å². The molecule has 1 heterocycles. The quantitative estimate of drug-likeness (QED) is 0.643. The van der Waals surface area contributed by atoms with Gasteiger partial charge in [-0.15, -0.1) is 0 Å². The Bertz CT molecular complexity index is 668. The van der Waals surface area contributed by atoms with Crippen LogP contribution in [-0.2, 0) is 0 Å². The van der Waals surface area contributed by atoms with Crippen molar-refractivity contribution in [3.63, 3.8) is 0 Å². The van der Waals surface area contributed by atoms with E-state index in [1.165, 1.54) is 34.0 Å². The van der Waals surface area contributed by atoms with Crippen LogP contribution in [0, 0.1) is 13.8 Å². The minimum atomic E-state index is 1.01. The lowest BCUT2D eigenvalue weighted by Gasteiger charge is -2.04. The topological polar surface area (TPSA) is 25.8 Å². The summed E-state index contributed by atoms with van der Waals surface area (Å²) in [4.78, 5) is 0. The molecule has 0 N–H and O–H groups in total. The van der Waals surface area contributed by atoms with Gasteiger partial charge in [-0.2, -0.15) is 8.75 Å². The molecule has 0 aliphatic heterocycles. The molecule has 0 saturated carbocycles. The fraction of sp³-hybridized carbons (Fsp3) is 0.143. The fourth-order valence-corrected chi connectivity index (χ4v) is 2.58. The minimum absolute atomic E-state index is 1.01. The number of aryl methyl sites for hydroxylation is 2. The van der Waals surface area contributed by atoms with Gasteiger partial charge in [-0.05, 0) is 25.0 Å². The summed E-state index contributed by atoms with van der Waals surface area (Å²) in [6.07, 6.45) is 0. The predicted molar refractivity (Wildman–Crippen MR) is 72.3 cm³/mol. The van der Waals surface area contributed by atoms with Crippen LogP contribution in [0.3, 0.4) is 0 Å². The summed E-state index contributed by atoms with van der Waals surface area (Å²) < 4.78 is 8.76. The summed E-state index contributed by atoms with van der Waals surface area (Å²) >= 11 is 1.28. The van der Waals surface area contributed by atoms with Gasteiger partial charge in [0, 0.05) is 5.56 Å². The number of rotatable bonds is 1. The summed E-state index contributed by atoms with van der Waals surface area (Å²) in [5.41, 5.74) is 6.86. The standard InChI is InChI=1S/C14H12N2S/c1-9-3-6-11(7-4-9)12-8-5-10(2)13-14(12)16-17-15-13/h3-8H,1-2H3. The summed E-state index contributed by atoms with van der Waals surface area (Å²) in [5.74, 6) is 0. The Morgan fingerprint density at radius 3 is 2.29 bits per heavy atom. The third-order valence-electron chi connectivity index (χ3n) is 2.98. The number of benzene rings is 2. The van der Waals surface area contributed by atoms with Crippen molar-refractivity contribution in [3.05, 3.63) is 47.5 Å². The van der Waals surface area contributed by atoms with Crippen molar-refractivity contribution in [2.24, 2.45) is 0 Å². The lowest BCUT2D eigenvalue weighted by molar-refractivity contribution is 1.45. The molecule has 0 aliphatic rings. The molecular weight excluding hydrogens is 228 g/mol. The molecule has 0 bridgehead atoms. The molecule has 0 spiro atoms. The number of hydrogen-bond acceptors (Lipinski definition) is 3. The van der Waals surface area contributed by atoms with Crippen LogP contribution in [0.5, 0.6) is 0 Å². The summed E-state index contributed by atoms with van der Waals surface area (Å²) in [6, 6.07) is 12.8. The smallest absolute Gasteiger partial charge is 0.112 e. The van der Waals surface area contributed by atoms with Gasteiger partial charge < -0.3 is 0 Å². The number of fused-ring (bicyclic) bond motifs is 1. The van der Waals surface area contributed by atoms with Gasteiger partial charge in [0.25, 0.3) is 0 Å². The van der Waals surface area contributed by atoms with Gasteiger partial charge in [0.2, 0.25) is 0 Å². The maximum atomic E-state index is 4.41. The third kappa shape index (κ3) is 1.72. The van der Waals surface area contributed by atoms with Crippen molar-refractivity contribution in [2.75, 3.05) is 0 Å². The highest BCUT2D eigenvalue weighted by atomic mass is 32.1. The van der Waals surface area contributed by atoms with E-state index in [4.69, 9.17) is 0 Å². The van der Waals surface area contributed by atoms with Crippen molar-refractivity contribution in [3.8, 4) is 11.1 Å². The molecule has 3 rings (SSSR count).